The summed E-state index contributed by atoms with van der Waals surface area (Å²) in [5, 5.41) is 7.40. The third-order valence-electron chi connectivity index (χ3n) is 3.89. The minimum atomic E-state index is 0.124. The Hall–Kier alpha value is -0.980. The number of rotatable bonds is 4. The maximum Gasteiger partial charge on any atom is 0.243 e. The van der Waals surface area contributed by atoms with Gasteiger partial charge in [0, 0.05) is 26.7 Å². The van der Waals surface area contributed by atoms with Crippen LogP contribution in [0.5, 0.6) is 0 Å². The predicted octanol–water partition coefficient (Wildman–Crippen LogP) is 1.23. The highest BCUT2D eigenvalue weighted by atomic mass is 16.5. The lowest BCUT2D eigenvalue weighted by Crippen LogP contribution is -2.22. The summed E-state index contributed by atoms with van der Waals surface area (Å²) in [4.78, 5) is 4.48. The van der Waals surface area contributed by atoms with E-state index in [1.165, 1.54) is 12.8 Å². The molecule has 2 aliphatic heterocycles. The van der Waals surface area contributed by atoms with Crippen molar-refractivity contribution in [2.75, 3.05) is 20.3 Å². The molecule has 3 rings (SSSR count). The molecular weight excluding hydrogens is 246 g/mol. The van der Waals surface area contributed by atoms with Gasteiger partial charge in [0.05, 0.1) is 18.2 Å². The van der Waals surface area contributed by atoms with Crippen LogP contribution < -0.4 is 5.32 Å². The van der Waals surface area contributed by atoms with E-state index in [1.54, 1.807) is 7.11 Å². The molecule has 0 aliphatic carbocycles. The normalized spacial score (nSPS) is 31.7. The van der Waals surface area contributed by atoms with Gasteiger partial charge in [-0.3, -0.25) is 0 Å². The van der Waals surface area contributed by atoms with Gasteiger partial charge in [-0.2, -0.15) is 4.98 Å². The fraction of sp³-hybridized carbons (Fsp3) is 0.846. The second-order valence-corrected chi connectivity index (χ2v) is 5.30. The van der Waals surface area contributed by atoms with Crippen molar-refractivity contribution >= 4 is 0 Å². The van der Waals surface area contributed by atoms with E-state index in [1.807, 2.05) is 0 Å². The summed E-state index contributed by atoms with van der Waals surface area (Å²) >= 11 is 0. The Balaban J connectivity index is 1.57. The molecule has 6 heteroatoms. The molecule has 0 radical (unpaired) electrons. The summed E-state index contributed by atoms with van der Waals surface area (Å²) in [7, 11) is 1.73. The van der Waals surface area contributed by atoms with E-state index in [-0.39, 0.29) is 18.2 Å². The van der Waals surface area contributed by atoms with Crippen molar-refractivity contribution in [3.8, 4) is 0 Å². The van der Waals surface area contributed by atoms with Gasteiger partial charge in [-0.25, -0.2) is 0 Å². The van der Waals surface area contributed by atoms with Crippen LogP contribution in [0.25, 0.3) is 0 Å². The molecule has 0 bridgehead atoms. The van der Waals surface area contributed by atoms with Crippen molar-refractivity contribution in [2.24, 2.45) is 0 Å². The summed E-state index contributed by atoms with van der Waals surface area (Å²) in [5.41, 5.74) is 0. The lowest BCUT2D eigenvalue weighted by atomic mass is 10.1. The molecule has 2 aliphatic rings. The number of hydrogen-bond donors (Lipinski definition) is 1. The highest BCUT2D eigenvalue weighted by Crippen LogP contribution is 2.24. The zero-order valence-corrected chi connectivity index (χ0v) is 11.3. The second-order valence-electron chi connectivity index (χ2n) is 5.30. The first-order chi connectivity index (χ1) is 9.35. The van der Waals surface area contributed by atoms with E-state index in [2.05, 4.69) is 15.5 Å². The summed E-state index contributed by atoms with van der Waals surface area (Å²) in [5.74, 6) is 1.43. The van der Waals surface area contributed by atoms with Crippen LogP contribution in [-0.2, 0) is 15.9 Å². The minimum Gasteiger partial charge on any atom is -0.380 e. The third kappa shape index (κ3) is 3.13. The smallest absolute Gasteiger partial charge is 0.243 e. The van der Waals surface area contributed by atoms with Crippen molar-refractivity contribution in [2.45, 2.75) is 50.4 Å². The Morgan fingerprint density at radius 2 is 2.37 bits per heavy atom. The molecular formula is C13H21N3O3. The molecule has 1 aromatic rings. The van der Waals surface area contributed by atoms with Crippen LogP contribution in [0.3, 0.4) is 0 Å². The average molecular weight is 267 g/mol. The Kier molecular flexibility index (Phi) is 4.10. The van der Waals surface area contributed by atoms with Gasteiger partial charge in [0.2, 0.25) is 5.89 Å². The first-order valence-corrected chi connectivity index (χ1v) is 7.05. The molecule has 1 unspecified atom stereocenters. The number of aromatic nitrogens is 2. The monoisotopic (exact) mass is 267 g/mol. The molecule has 0 aromatic carbocycles. The van der Waals surface area contributed by atoms with Crippen molar-refractivity contribution in [3.63, 3.8) is 0 Å². The van der Waals surface area contributed by atoms with E-state index in [0.717, 1.165) is 38.2 Å². The molecule has 1 N–H and O–H groups in total. The SMILES string of the molecule is CO[C@@H]1CN[C@@H](c2nc(CC3CCCCO3)no2)C1. The molecule has 1 aromatic heterocycles. The quantitative estimate of drug-likeness (QED) is 0.885. The molecule has 6 nitrogen and oxygen atoms in total. The Labute approximate surface area is 112 Å². The van der Waals surface area contributed by atoms with Crippen LogP contribution in [0, 0.1) is 0 Å². The molecule has 0 saturated carbocycles. The summed E-state index contributed by atoms with van der Waals surface area (Å²) in [6.45, 7) is 1.69. The maximum absolute atomic E-state index is 5.69. The van der Waals surface area contributed by atoms with E-state index in [9.17, 15) is 0 Å². The van der Waals surface area contributed by atoms with Gasteiger partial charge in [0.1, 0.15) is 0 Å². The van der Waals surface area contributed by atoms with Gasteiger partial charge >= 0.3 is 0 Å². The van der Waals surface area contributed by atoms with Gasteiger partial charge in [0.25, 0.3) is 0 Å². The molecule has 0 amide bonds. The summed E-state index contributed by atoms with van der Waals surface area (Å²) in [6.07, 6.45) is 5.62. The van der Waals surface area contributed by atoms with E-state index in [4.69, 9.17) is 14.0 Å². The molecule has 0 spiro atoms. The van der Waals surface area contributed by atoms with E-state index in [0.29, 0.717) is 5.89 Å². The largest absolute Gasteiger partial charge is 0.380 e. The van der Waals surface area contributed by atoms with Crippen molar-refractivity contribution in [1.82, 2.24) is 15.5 Å². The van der Waals surface area contributed by atoms with Crippen LogP contribution in [0.4, 0.5) is 0 Å². The lowest BCUT2D eigenvalue weighted by Gasteiger charge is -2.20. The number of hydrogen-bond acceptors (Lipinski definition) is 6. The van der Waals surface area contributed by atoms with Crippen LogP contribution in [-0.4, -0.2) is 42.6 Å². The second kappa shape index (κ2) is 5.98. The zero-order chi connectivity index (χ0) is 13.1. The molecule has 2 saturated heterocycles. The Morgan fingerprint density at radius 1 is 1.42 bits per heavy atom. The first kappa shape index (κ1) is 13.0. The van der Waals surface area contributed by atoms with Crippen LogP contribution >= 0.6 is 0 Å². The predicted molar refractivity (Wildman–Crippen MR) is 67.8 cm³/mol. The highest BCUT2D eigenvalue weighted by Gasteiger charge is 2.29. The molecule has 3 heterocycles. The number of nitrogens with zero attached hydrogens (tertiary/aromatic N) is 2. The van der Waals surface area contributed by atoms with Crippen molar-refractivity contribution < 1.29 is 14.0 Å². The molecule has 106 valence electrons. The van der Waals surface area contributed by atoms with Gasteiger partial charge in [-0.1, -0.05) is 5.16 Å². The Morgan fingerprint density at radius 3 is 3.11 bits per heavy atom. The third-order valence-corrected chi connectivity index (χ3v) is 3.89. The van der Waals surface area contributed by atoms with Crippen molar-refractivity contribution in [3.05, 3.63) is 11.7 Å². The fourth-order valence-corrected chi connectivity index (χ4v) is 2.73. The van der Waals surface area contributed by atoms with Crippen molar-refractivity contribution in [1.29, 1.82) is 0 Å². The topological polar surface area (TPSA) is 69.4 Å². The molecule has 19 heavy (non-hydrogen) atoms. The highest BCUT2D eigenvalue weighted by molar-refractivity contribution is 4.98. The van der Waals surface area contributed by atoms with Crippen LogP contribution in [0.2, 0.25) is 0 Å². The molecule has 3 atom stereocenters. The first-order valence-electron chi connectivity index (χ1n) is 7.05. The number of nitrogens with one attached hydrogen (secondary N) is 1. The van der Waals surface area contributed by atoms with E-state index < -0.39 is 0 Å². The van der Waals surface area contributed by atoms with Gasteiger partial charge in [-0.15, -0.1) is 0 Å². The number of ether oxygens (including phenoxy) is 2. The average Bonchev–Trinajstić information content (AvgIpc) is 3.08. The van der Waals surface area contributed by atoms with Crippen LogP contribution in [0.1, 0.15) is 43.4 Å². The zero-order valence-electron chi connectivity index (χ0n) is 11.3. The fourth-order valence-electron chi connectivity index (χ4n) is 2.73. The number of methoxy groups -OCH3 is 1. The lowest BCUT2D eigenvalue weighted by molar-refractivity contribution is 0.0153. The van der Waals surface area contributed by atoms with Gasteiger partial charge in [-0.05, 0) is 25.7 Å². The minimum absolute atomic E-state index is 0.124. The standard InChI is InChI=1S/C13H21N3O3/c1-17-10-6-11(14-8-10)13-15-12(16-19-13)7-9-4-2-3-5-18-9/h9-11,14H,2-8H2,1H3/t9?,10-,11+/m0/s1. The van der Waals surface area contributed by atoms with Crippen LogP contribution in [0.15, 0.2) is 4.52 Å². The van der Waals surface area contributed by atoms with Gasteiger partial charge in [0.15, 0.2) is 5.82 Å². The van der Waals surface area contributed by atoms with Gasteiger partial charge < -0.3 is 19.3 Å². The van der Waals surface area contributed by atoms with E-state index >= 15 is 0 Å². The maximum atomic E-state index is 5.69. The summed E-state index contributed by atoms with van der Waals surface area (Å²) in [6, 6.07) is 0.124. The summed E-state index contributed by atoms with van der Waals surface area (Å²) < 4.78 is 16.4. The Bertz CT molecular complexity index is 404. The molecule has 2 fully saturated rings.